The third kappa shape index (κ3) is 5.90. The number of esters is 1. The number of hydrogen-bond acceptors (Lipinski definition) is 7. The summed E-state index contributed by atoms with van der Waals surface area (Å²) in [7, 11) is 1.39. The van der Waals surface area contributed by atoms with E-state index < -0.39 is 30.3 Å². The van der Waals surface area contributed by atoms with E-state index in [0.29, 0.717) is 5.56 Å². The van der Waals surface area contributed by atoms with Crippen LogP contribution in [0.1, 0.15) is 21.6 Å². The zero-order chi connectivity index (χ0) is 23.1. The maximum Gasteiger partial charge on any atom is 0.435 e. The molecule has 0 aliphatic heterocycles. The van der Waals surface area contributed by atoms with Crippen LogP contribution in [0.25, 0.3) is 0 Å². The predicted molar refractivity (Wildman–Crippen MR) is 105 cm³/mol. The summed E-state index contributed by atoms with van der Waals surface area (Å²) in [6, 6.07) is 8.49. The van der Waals surface area contributed by atoms with Gasteiger partial charge in [-0.15, -0.1) is 0 Å². The largest absolute Gasteiger partial charge is 0.493 e. The minimum atomic E-state index is -4.59. The van der Waals surface area contributed by atoms with Crippen LogP contribution < -0.4 is 14.9 Å². The fourth-order valence-corrected chi connectivity index (χ4v) is 2.45. The van der Waals surface area contributed by atoms with Crippen LogP contribution in [0, 0.1) is 0 Å². The molecule has 0 unspecified atom stereocenters. The van der Waals surface area contributed by atoms with E-state index in [9.17, 15) is 22.8 Å². The first-order chi connectivity index (χ1) is 15.3. The number of rotatable bonds is 7. The van der Waals surface area contributed by atoms with Crippen LogP contribution in [-0.2, 0) is 17.5 Å². The van der Waals surface area contributed by atoms with Gasteiger partial charge in [-0.1, -0.05) is 0 Å². The zero-order valence-electron chi connectivity index (χ0n) is 16.5. The number of pyridine rings is 1. The first-order valence-corrected chi connectivity index (χ1v) is 8.99. The van der Waals surface area contributed by atoms with Crippen LogP contribution in [0.2, 0.25) is 0 Å². The molecule has 0 saturated carbocycles. The molecule has 0 aliphatic rings. The van der Waals surface area contributed by atoms with Crippen LogP contribution in [0.15, 0.2) is 60.1 Å². The summed E-state index contributed by atoms with van der Waals surface area (Å²) in [6.45, 7) is -0.444. The van der Waals surface area contributed by atoms with Gasteiger partial charge in [-0.25, -0.2) is 10.2 Å². The minimum Gasteiger partial charge on any atom is -0.493 e. The Labute approximate surface area is 179 Å². The first-order valence-electron chi connectivity index (χ1n) is 8.99. The molecule has 0 radical (unpaired) electrons. The fraction of sp³-hybridized carbons (Fsp3) is 0.150. The quantitative estimate of drug-likeness (QED) is 0.258. The Morgan fingerprint density at radius 2 is 2.03 bits per heavy atom. The topological polar surface area (TPSA) is 108 Å². The number of amides is 1. The predicted octanol–water partition coefficient (Wildman–Crippen LogP) is 2.68. The highest BCUT2D eigenvalue weighted by atomic mass is 19.4. The zero-order valence-corrected chi connectivity index (χ0v) is 16.5. The second kappa shape index (κ2) is 9.73. The number of carbonyl (C=O) groups excluding carboxylic acids is 2. The molecule has 0 atom stereocenters. The van der Waals surface area contributed by atoms with Crippen molar-refractivity contribution in [2.75, 3.05) is 7.11 Å². The van der Waals surface area contributed by atoms with Gasteiger partial charge >= 0.3 is 12.1 Å². The van der Waals surface area contributed by atoms with Gasteiger partial charge in [0.2, 0.25) is 0 Å². The standard InChI is InChI=1S/C20H16F3N5O4/c1-31-16-9-13(4-5-15(16)32-19(30)14-3-2-7-24-11-14)10-25-26-18(29)12-28-8-6-17(27-28)20(21,22)23/h2-11H,12H2,1H3,(H,26,29)/b25-10+. The number of methoxy groups -OCH3 is 1. The highest BCUT2D eigenvalue weighted by molar-refractivity contribution is 5.91. The highest BCUT2D eigenvalue weighted by Gasteiger charge is 2.33. The molecule has 2 aromatic heterocycles. The molecule has 0 fully saturated rings. The Hall–Kier alpha value is -4.22. The average Bonchev–Trinajstić information content (AvgIpc) is 3.24. The lowest BCUT2D eigenvalue weighted by atomic mass is 10.2. The summed E-state index contributed by atoms with van der Waals surface area (Å²) in [5.41, 5.74) is 1.86. The summed E-state index contributed by atoms with van der Waals surface area (Å²) < 4.78 is 49.0. The summed E-state index contributed by atoms with van der Waals surface area (Å²) in [5, 5.41) is 7.03. The molecule has 1 aromatic carbocycles. The van der Waals surface area contributed by atoms with Gasteiger partial charge in [0.25, 0.3) is 5.91 Å². The molecule has 3 rings (SSSR count). The Balaban J connectivity index is 1.59. The number of hydrogen-bond donors (Lipinski definition) is 1. The molecule has 0 spiro atoms. The van der Waals surface area contributed by atoms with Gasteiger partial charge in [0.1, 0.15) is 6.54 Å². The lowest BCUT2D eigenvalue weighted by Gasteiger charge is -2.09. The maximum atomic E-state index is 12.5. The Bertz CT molecular complexity index is 1130. The number of nitrogens with one attached hydrogen (secondary N) is 1. The molecule has 12 heteroatoms. The van der Waals surface area contributed by atoms with Gasteiger partial charge in [-0.05, 0) is 42.0 Å². The fourth-order valence-electron chi connectivity index (χ4n) is 2.45. The number of ether oxygens (including phenoxy) is 2. The van der Waals surface area contributed by atoms with Crippen LogP contribution in [0.4, 0.5) is 13.2 Å². The maximum absolute atomic E-state index is 12.5. The van der Waals surface area contributed by atoms with Crippen molar-refractivity contribution in [2.45, 2.75) is 12.7 Å². The Morgan fingerprint density at radius 3 is 2.69 bits per heavy atom. The van der Waals surface area contributed by atoms with Gasteiger partial charge < -0.3 is 9.47 Å². The number of benzene rings is 1. The SMILES string of the molecule is COc1cc(/C=N/NC(=O)Cn2ccc(C(F)(F)F)n2)ccc1OC(=O)c1cccnc1. The lowest BCUT2D eigenvalue weighted by molar-refractivity contribution is -0.141. The van der Waals surface area contributed by atoms with Crippen LogP contribution in [0.5, 0.6) is 11.5 Å². The van der Waals surface area contributed by atoms with Gasteiger partial charge in [-0.2, -0.15) is 23.4 Å². The summed E-state index contributed by atoms with van der Waals surface area (Å²) in [5.74, 6) is -0.875. The van der Waals surface area contributed by atoms with Crippen molar-refractivity contribution in [3.05, 3.63) is 71.8 Å². The average molecular weight is 447 g/mol. The van der Waals surface area contributed by atoms with Gasteiger partial charge in [-0.3, -0.25) is 14.5 Å². The molecule has 0 saturated heterocycles. The molecule has 3 aromatic rings. The van der Waals surface area contributed by atoms with Crippen molar-refractivity contribution in [1.29, 1.82) is 0 Å². The van der Waals surface area contributed by atoms with E-state index in [4.69, 9.17) is 9.47 Å². The van der Waals surface area contributed by atoms with E-state index in [1.807, 2.05) is 0 Å². The molecule has 0 bridgehead atoms. The monoisotopic (exact) mass is 447 g/mol. The number of carbonyl (C=O) groups is 2. The second-order valence-electron chi connectivity index (χ2n) is 6.23. The number of halogens is 3. The third-order valence-corrected chi connectivity index (χ3v) is 3.93. The lowest BCUT2D eigenvalue weighted by Crippen LogP contribution is -2.23. The third-order valence-electron chi connectivity index (χ3n) is 3.93. The highest BCUT2D eigenvalue weighted by Crippen LogP contribution is 2.28. The smallest absolute Gasteiger partial charge is 0.435 e. The van der Waals surface area contributed by atoms with E-state index in [-0.39, 0.29) is 17.1 Å². The van der Waals surface area contributed by atoms with E-state index >= 15 is 0 Å². The van der Waals surface area contributed by atoms with E-state index in [1.165, 1.54) is 37.9 Å². The van der Waals surface area contributed by atoms with Crippen molar-refractivity contribution in [3.63, 3.8) is 0 Å². The molecule has 1 N–H and O–H groups in total. The van der Waals surface area contributed by atoms with E-state index in [0.717, 1.165) is 16.9 Å². The Kier molecular flexibility index (Phi) is 6.83. The second-order valence-corrected chi connectivity index (χ2v) is 6.23. The van der Waals surface area contributed by atoms with Gasteiger partial charge in [0.15, 0.2) is 17.2 Å². The summed E-state index contributed by atoms with van der Waals surface area (Å²) in [6.07, 6.45) is 0.641. The minimum absolute atomic E-state index is 0.168. The number of alkyl halides is 3. The van der Waals surface area contributed by atoms with Crippen LogP contribution >= 0.6 is 0 Å². The van der Waals surface area contributed by atoms with Crippen LogP contribution in [-0.4, -0.2) is 40.0 Å². The van der Waals surface area contributed by atoms with E-state index in [1.54, 1.807) is 18.2 Å². The number of nitrogens with zero attached hydrogens (tertiary/aromatic N) is 4. The molecular weight excluding hydrogens is 431 g/mol. The van der Waals surface area contributed by atoms with Crippen molar-refractivity contribution in [3.8, 4) is 11.5 Å². The summed E-state index contributed by atoms with van der Waals surface area (Å²) >= 11 is 0. The molecular formula is C20H16F3N5O4. The first kappa shape index (κ1) is 22.5. The number of aromatic nitrogens is 3. The van der Waals surface area contributed by atoms with E-state index in [2.05, 4.69) is 20.6 Å². The van der Waals surface area contributed by atoms with Gasteiger partial charge in [0, 0.05) is 18.6 Å². The van der Waals surface area contributed by atoms with Crippen molar-refractivity contribution < 1.29 is 32.2 Å². The molecule has 166 valence electrons. The van der Waals surface area contributed by atoms with Gasteiger partial charge in [0.05, 0.1) is 18.9 Å². The van der Waals surface area contributed by atoms with Crippen LogP contribution in [0.3, 0.4) is 0 Å². The molecule has 1 amide bonds. The molecule has 0 aliphatic carbocycles. The molecule has 2 heterocycles. The summed E-state index contributed by atoms with van der Waals surface area (Å²) in [4.78, 5) is 27.9. The van der Waals surface area contributed by atoms with Crippen molar-refractivity contribution in [1.82, 2.24) is 20.2 Å². The number of hydrazone groups is 1. The normalized spacial score (nSPS) is 11.4. The van der Waals surface area contributed by atoms with Crippen molar-refractivity contribution >= 4 is 18.1 Å². The molecule has 32 heavy (non-hydrogen) atoms. The van der Waals surface area contributed by atoms with Crippen molar-refractivity contribution in [2.24, 2.45) is 5.10 Å². The Morgan fingerprint density at radius 1 is 1.22 bits per heavy atom. The molecule has 9 nitrogen and oxygen atoms in total.